The minimum Gasteiger partial charge on any atom is -0.507 e. The number of benzene rings is 2. The number of phenols is 1. The first-order valence-electron chi connectivity index (χ1n) is 11.8. The molecule has 0 saturated carbocycles. The summed E-state index contributed by atoms with van der Waals surface area (Å²) in [5, 5.41) is 22.7. The van der Waals surface area contributed by atoms with E-state index in [0.717, 1.165) is 23.6 Å². The Balaban J connectivity index is 1.18. The van der Waals surface area contributed by atoms with Crippen molar-refractivity contribution >= 4 is 11.8 Å². The molecule has 3 heterocycles. The van der Waals surface area contributed by atoms with Crippen LogP contribution < -0.4 is 14.8 Å². The molecule has 1 unspecified atom stereocenters. The van der Waals surface area contributed by atoms with E-state index in [4.69, 9.17) is 9.47 Å². The van der Waals surface area contributed by atoms with Crippen molar-refractivity contribution in [1.82, 2.24) is 19.7 Å². The number of amides is 2. The molecule has 2 aliphatic heterocycles. The zero-order valence-electron chi connectivity index (χ0n) is 19.7. The summed E-state index contributed by atoms with van der Waals surface area (Å²) in [4.78, 5) is 29.8. The molecule has 2 aromatic carbocycles. The Labute approximate surface area is 208 Å². The zero-order valence-corrected chi connectivity index (χ0v) is 19.7. The number of hydrogen-bond donors (Lipinski definition) is 3. The highest BCUT2D eigenvalue weighted by Gasteiger charge is 2.29. The highest BCUT2D eigenvalue weighted by atomic mass is 16.7. The third-order valence-corrected chi connectivity index (χ3v) is 6.44. The molecule has 3 aromatic rings. The number of nitrogens with one attached hydrogen (secondary N) is 1. The molecule has 10 nitrogen and oxygen atoms in total. The van der Waals surface area contributed by atoms with Crippen LogP contribution in [0.15, 0.2) is 60.9 Å². The molecule has 1 atom stereocenters. The number of hydrogen-bond acceptors (Lipinski definition) is 7. The Hall–Kier alpha value is -4.02. The Morgan fingerprint density at radius 1 is 0.972 bits per heavy atom. The quantitative estimate of drug-likeness (QED) is 0.456. The van der Waals surface area contributed by atoms with Gasteiger partial charge in [-0.1, -0.05) is 6.07 Å². The second kappa shape index (κ2) is 10.3. The van der Waals surface area contributed by atoms with E-state index in [0.29, 0.717) is 31.9 Å². The lowest BCUT2D eigenvalue weighted by Crippen LogP contribution is -2.55. The second-order valence-electron chi connectivity index (χ2n) is 8.79. The summed E-state index contributed by atoms with van der Waals surface area (Å²) in [6.45, 7) is 2.68. The summed E-state index contributed by atoms with van der Waals surface area (Å²) in [5.74, 6) is 0.304. The molecular weight excluding hydrogens is 464 g/mol. The molecule has 0 spiro atoms. The number of phenolic OH excluding ortho intramolecular Hbond substituents is 1. The number of piperazine rings is 1. The van der Waals surface area contributed by atoms with Gasteiger partial charge in [-0.05, 0) is 48.0 Å². The van der Waals surface area contributed by atoms with Gasteiger partial charge in [0, 0.05) is 50.8 Å². The Bertz CT molecular complexity index is 1240. The lowest BCUT2D eigenvalue weighted by atomic mass is 10.1. The topological polar surface area (TPSA) is 117 Å². The predicted molar refractivity (Wildman–Crippen MR) is 130 cm³/mol. The van der Waals surface area contributed by atoms with E-state index in [1.807, 2.05) is 42.7 Å². The maximum Gasteiger partial charge on any atom is 0.255 e. The highest BCUT2D eigenvalue weighted by molar-refractivity contribution is 6.00. The van der Waals surface area contributed by atoms with Crippen LogP contribution in [0.25, 0.3) is 5.69 Å². The van der Waals surface area contributed by atoms with E-state index >= 15 is 0 Å². The van der Waals surface area contributed by atoms with Crippen LogP contribution in [0.1, 0.15) is 15.9 Å². The van der Waals surface area contributed by atoms with Crippen LogP contribution in [0, 0.1) is 0 Å². The SMILES string of the molecule is O=C(NC(CO)C(=O)N1CCN(Cc2ccc3c(c2)OCO3)CC1)c1cc(-n2cccc2)ccc1O. The van der Waals surface area contributed by atoms with Gasteiger partial charge in [0.2, 0.25) is 12.7 Å². The van der Waals surface area contributed by atoms with E-state index < -0.39 is 18.6 Å². The van der Waals surface area contributed by atoms with E-state index in [-0.39, 0.29) is 24.0 Å². The molecule has 1 saturated heterocycles. The number of ether oxygens (including phenoxy) is 2. The molecule has 0 bridgehead atoms. The smallest absolute Gasteiger partial charge is 0.255 e. The Morgan fingerprint density at radius 3 is 2.47 bits per heavy atom. The van der Waals surface area contributed by atoms with Crippen LogP contribution >= 0.6 is 0 Å². The van der Waals surface area contributed by atoms with Gasteiger partial charge in [0.25, 0.3) is 5.91 Å². The molecule has 3 N–H and O–H groups in total. The first-order valence-corrected chi connectivity index (χ1v) is 11.8. The van der Waals surface area contributed by atoms with Gasteiger partial charge in [-0.15, -0.1) is 0 Å². The largest absolute Gasteiger partial charge is 0.507 e. The van der Waals surface area contributed by atoms with Crippen molar-refractivity contribution in [3.8, 4) is 22.9 Å². The third-order valence-electron chi connectivity index (χ3n) is 6.44. The number of carbonyl (C=O) groups excluding carboxylic acids is 2. The fourth-order valence-corrected chi connectivity index (χ4v) is 4.44. The maximum atomic E-state index is 13.1. The number of nitrogens with zero attached hydrogens (tertiary/aromatic N) is 3. The van der Waals surface area contributed by atoms with Crippen molar-refractivity contribution in [3.05, 3.63) is 72.1 Å². The molecular formula is C26H28N4O6. The van der Waals surface area contributed by atoms with E-state index in [1.165, 1.54) is 6.07 Å². The molecule has 36 heavy (non-hydrogen) atoms. The standard InChI is InChI=1S/C26H28N4O6/c31-16-21(27-25(33)20-14-19(4-5-22(20)32)29-7-1-2-8-29)26(34)30-11-9-28(10-12-30)15-18-3-6-23-24(13-18)36-17-35-23/h1-8,13-14,21,31-32H,9-12,15-17H2,(H,27,33). The monoisotopic (exact) mass is 492 g/mol. The summed E-state index contributed by atoms with van der Waals surface area (Å²) in [7, 11) is 0. The normalized spacial score (nSPS) is 16.1. The highest BCUT2D eigenvalue weighted by Crippen LogP contribution is 2.33. The molecule has 2 aliphatic rings. The molecule has 1 aromatic heterocycles. The third kappa shape index (κ3) is 5.00. The van der Waals surface area contributed by atoms with Gasteiger partial charge < -0.3 is 34.5 Å². The zero-order chi connectivity index (χ0) is 25.1. The van der Waals surface area contributed by atoms with Crippen molar-refractivity contribution in [1.29, 1.82) is 0 Å². The predicted octanol–water partition coefficient (Wildman–Crippen LogP) is 1.35. The van der Waals surface area contributed by atoms with Crippen molar-refractivity contribution < 1.29 is 29.3 Å². The Kier molecular flexibility index (Phi) is 6.79. The maximum absolute atomic E-state index is 13.1. The lowest BCUT2D eigenvalue weighted by Gasteiger charge is -2.36. The summed E-state index contributed by atoms with van der Waals surface area (Å²) in [6.07, 6.45) is 3.64. The van der Waals surface area contributed by atoms with Gasteiger partial charge in [0.1, 0.15) is 11.8 Å². The molecule has 10 heteroatoms. The van der Waals surface area contributed by atoms with E-state index in [2.05, 4.69) is 10.2 Å². The Morgan fingerprint density at radius 2 is 1.72 bits per heavy atom. The fraction of sp³-hybridized carbons (Fsp3) is 0.308. The molecule has 0 aliphatic carbocycles. The minimum absolute atomic E-state index is 0.0287. The number of aliphatic hydroxyl groups excluding tert-OH is 1. The minimum atomic E-state index is -1.10. The molecule has 5 rings (SSSR count). The molecule has 0 radical (unpaired) electrons. The lowest BCUT2D eigenvalue weighted by molar-refractivity contribution is -0.136. The van der Waals surface area contributed by atoms with E-state index in [9.17, 15) is 19.8 Å². The van der Waals surface area contributed by atoms with Gasteiger partial charge in [-0.2, -0.15) is 0 Å². The molecule has 1 fully saturated rings. The average Bonchev–Trinajstić information content (AvgIpc) is 3.60. The van der Waals surface area contributed by atoms with Crippen molar-refractivity contribution in [2.45, 2.75) is 12.6 Å². The van der Waals surface area contributed by atoms with Gasteiger partial charge in [0.15, 0.2) is 11.5 Å². The van der Waals surface area contributed by atoms with Crippen LogP contribution in [-0.2, 0) is 11.3 Å². The number of aliphatic hydroxyl groups is 1. The summed E-state index contributed by atoms with van der Waals surface area (Å²) in [5.41, 5.74) is 1.82. The summed E-state index contributed by atoms with van der Waals surface area (Å²) < 4.78 is 12.6. The van der Waals surface area contributed by atoms with E-state index in [1.54, 1.807) is 21.6 Å². The number of rotatable bonds is 7. The van der Waals surface area contributed by atoms with Crippen LogP contribution in [-0.4, -0.2) is 82.0 Å². The number of aromatic nitrogens is 1. The fourth-order valence-electron chi connectivity index (χ4n) is 4.44. The second-order valence-corrected chi connectivity index (χ2v) is 8.79. The first-order chi connectivity index (χ1) is 17.5. The number of aromatic hydroxyl groups is 1. The molecule has 188 valence electrons. The van der Waals surface area contributed by atoms with Gasteiger partial charge in [-0.25, -0.2) is 0 Å². The van der Waals surface area contributed by atoms with Crippen LogP contribution in [0.2, 0.25) is 0 Å². The van der Waals surface area contributed by atoms with Crippen molar-refractivity contribution in [3.63, 3.8) is 0 Å². The van der Waals surface area contributed by atoms with Crippen molar-refractivity contribution in [2.24, 2.45) is 0 Å². The van der Waals surface area contributed by atoms with Gasteiger partial charge in [0.05, 0.1) is 12.2 Å². The van der Waals surface area contributed by atoms with Gasteiger partial charge >= 0.3 is 0 Å². The van der Waals surface area contributed by atoms with Gasteiger partial charge in [-0.3, -0.25) is 14.5 Å². The molecule has 2 amide bonds. The van der Waals surface area contributed by atoms with Crippen molar-refractivity contribution in [2.75, 3.05) is 39.6 Å². The van der Waals surface area contributed by atoms with Crippen LogP contribution in [0.3, 0.4) is 0 Å². The van der Waals surface area contributed by atoms with Crippen LogP contribution in [0.5, 0.6) is 17.2 Å². The first kappa shape index (κ1) is 23.7. The average molecular weight is 493 g/mol. The van der Waals surface area contributed by atoms with Crippen LogP contribution in [0.4, 0.5) is 0 Å². The number of fused-ring (bicyclic) bond motifs is 1. The number of carbonyl (C=O) groups is 2. The summed E-state index contributed by atoms with van der Waals surface area (Å²) >= 11 is 0. The summed E-state index contributed by atoms with van der Waals surface area (Å²) in [6, 6.07) is 13.1.